The van der Waals surface area contributed by atoms with E-state index in [1.807, 2.05) is 0 Å². The number of rotatable bonds is 4. The van der Waals surface area contributed by atoms with E-state index in [-0.39, 0.29) is 22.4 Å². The highest BCUT2D eigenvalue weighted by molar-refractivity contribution is 5.94. The van der Waals surface area contributed by atoms with E-state index in [0.29, 0.717) is 0 Å². The molecule has 1 saturated heterocycles. The molecule has 0 aliphatic carbocycles. The molecular formula is C20H17F7N2O2. The molecule has 0 saturated carbocycles. The van der Waals surface area contributed by atoms with Crippen molar-refractivity contribution in [2.75, 3.05) is 24.7 Å². The van der Waals surface area contributed by atoms with Gasteiger partial charge in [0, 0.05) is 11.3 Å². The molecule has 0 aromatic heterocycles. The molecule has 0 bridgehead atoms. The summed E-state index contributed by atoms with van der Waals surface area (Å²) in [5.74, 6) is -1.61. The van der Waals surface area contributed by atoms with E-state index < -0.39 is 49.5 Å². The normalized spacial score (nSPS) is 19.5. The van der Waals surface area contributed by atoms with E-state index in [4.69, 9.17) is 4.74 Å². The van der Waals surface area contributed by atoms with Crippen LogP contribution in [0.5, 0.6) is 0 Å². The van der Waals surface area contributed by atoms with Gasteiger partial charge in [-0.3, -0.25) is 4.79 Å². The molecule has 2 aromatic carbocycles. The third-order valence-electron chi connectivity index (χ3n) is 4.91. The van der Waals surface area contributed by atoms with Crippen molar-refractivity contribution >= 4 is 11.6 Å². The molecule has 1 aliphatic rings. The fourth-order valence-corrected chi connectivity index (χ4v) is 3.23. The van der Waals surface area contributed by atoms with Gasteiger partial charge in [-0.05, 0) is 54.4 Å². The highest BCUT2D eigenvalue weighted by atomic mass is 19.4. The molecule has 1 fully saturated rings. The molecule has 1 N–H and O–H groups in total. The first kappa shape index (κ1) is 22.9. The van der Waals surface area contributed by atoms with Gasteiger partial charge in [0.25, 0.3) is 5.91 Å². The maximum atomic E-state index is 14.0. The average Bonchev–Trinajstić information content (AvgIpc) is 3.14. The maximum absolute atomic E-state index is 14.0. The second-order valence-electron chi connectivity index (χ2n) is 7.10. The lowest BCUT2D eigenvalue weighted by Gasteiger charge is -2.31. The lowest BCUT2D eigenvalue weighted by Crippen LogP contribution is -2.46. The van der Waals surface area contributed by atoms with Gasteiger partial charge in [0.2, 0.25) is 5.60 Å². The molecule has 0 radical (unpaired) electrons. The van der Waals surface area contributed by atoms with Gasteiger partial charge in [0.15, 0.2) is 0 Å². The second-order valence-corrected chi connectivity index (χ2v) is 7.10. The average molecular weight is 450 g/mol. The molecular weight excluding hydrogens is 433 g/mol. The van der Waals surface area contributed by atoms with Gasteiger partial charge in [-0.2, -0.15) is 26.3 Å². The number of alkyl halides is 6. The van der Waals surface area contributed by atoms with Crippen molar-refractivity contribution in [3.8, 4) is 0 Å². The number of carbonyl (C=O) groups is 1. The minimum Gasteiger partial charge on any atom is -0.345 e. The highest BCUT2D eigenvalue weighted by Gasteiger charge is 2.61. The van der Waals surface area contributed by atoms with Crippen molar-refractivity contribution in [1.82, 2.24) is 5.32 Å². The van der Waals surface area contributed by atoms with Gasteiger partial charge in [-0.1, -0.05) is 6.07 Å². The van der Waals surface area contributed by atoms with E-state index in [0.717, 1.165) is 18.2 Å². The van der Waals surface area contributed by atoms with Crippen LogP contribution in [0.3, 0.4) is 0 Å². The van der Waals surface area contributed by atoms with Gasteiger partial charge >= 0.3 is 12.4 Å². The van der Waals surface area contributed by atoms with E-state index in [9.17, 15) is 35.5 Å². The Morgan fingerprint density at radius 1 is 1.10 bits per heavy atom. The number of amides is 1. The number of carbonyl (C=O) groups excluding carboxylic acids is 1. The number of aryl methyl sites for hydroxylation is 1. The number of hydrogen-bond donors (Lipinski definition) is 1. The molecule has 31 heavy (non-hydrogen) atoms. The topological polar surface area (TPSA) is 41.6 Å². The smallest absolute Gasteiger partial charge is 0.345 e. The summed E-state index contributed by atoms with van der Waals surface area (Å²) >= 11 is 0. The number of ether oxygens (including phenoxy) is 1. The van der Waals surface area contributed by atoms with E-state index in [2.05, 4.69) is 0 Å². The quantitative estimate of drug-likeness (QED) is 0.688. The van der Waals surface area contributed by atoms with Crippen LogP contribution in [0.25, 0.3) is 0 Å². The first-order valence-corrected chi connectivity index (χ1v) is 9.00. The Kier molecular flexibility index (Phi) is 5.92. The summed E-state index contributed by atoms with van der Waals surface area (Å²) < 4.78 is 97.3. The lowest BCUT2D eigenvalue weighted by atomic mass is 9.91. The number of nitrogens with one attached hydrogen (secondary N) is 1. The highest BCUT2D eigenvalue weighted by Crippen LogP contribution is 2.47. The molecule has 168 valence electrons. The third kappa shape index (κ3) is 4.76. The van der Waals surface area contributed by atoms with Gasteiger partial charge < -0.3 is 15.0 Å². The summed E-state index contributed by atoms with van der Waals surface area (Å²) in [5.41, 5.74) is -2.70. The summed E-state index contributed by atoms with van der Waals surface area (Å²) in [7, 11) is 0. The molecule has 11 heteroatoms. The number of nitrogens with zero attached hydrogens (tertiary/aromatic N) is 1. The molecule has 1 unspecified atom stereocenters. The monoisotopic (exact) mass is 450 g/mol. The number of benzene rings is 2. The summed E-state index contributed by atoms with van der Waals surface area (Å²) in [4.78, 5) is 13.0. The van der Waals surface area contributed by atoms with Crippen LogP contribution in [0.4, 0.5) is 36.4 Å². The number of anilines is 1. The summed E-state index contributed by atoms with van der Waals surface area (Å²) in [6, 6.07) is 8.09. The fourth-order valence-electron chi connectivity index (χ4n) is 3.23. The predicted octanol–water partition coefficient (Wildman–Crippen LogP) is 4.68. The van der Waals surface area contributed by atoms with Crippen molar-refractivity contribution in [2.45, 2.75) is 24.9 Å². The SMILES string of the molecule is Cc1cc(C2(C(F)(F)F)CN(c3ccc(C(=O)NCC(F)(F)F)cc3)CO2)ccc1F. The van der Waals surface area contributed by atoms with Crippen molar-refractivity contribution < 1.29 is 40.3 Å². The van der Waals surface area contributed by atoms with Gasteiger partial charge in [-0.15, -0.1) is 0 Å². The number of halogens is 7. The zero-order chi connectivity index (χ0) is 23.0. The minimum absolute atomic E-state index is 0.0393. The zero-order valence-electron chi connectivity index (χ0n) is 16.1. The van der Waals surface area contributed by atoms with Crippen LogP contribution in [-0.4, -0.2) is 38.1 Å². The Hall–Kier alpha value is -2.82. The Morgan fingerprint density at radius 2 is 1.74 bits per heavy atom. The predicted molar refractivity (Wildman–Crippen MR) is 97.0 cm³/mol. The Bertz CT molecular complexity index is 957. The summed E-state index contributed by atoms with van der Waals surface area (Å²) in [6.07, 6.45) is -9.37. The molecule has 1 amide bonds. The van der Waals surface area contributed by atoms with Crippen molar-refractivity contribution in [2.24, 2.45) is 0 Å². The van der Waals surface area contributed by atoms with E-state index in [1.165, 1.54) is 36.1 Å². The van der Waals surface area contributed by atoms with Gasteiger partial charge in [0.05, 0.1) is 6.54 Å². The van der Waals surface area contributed by atoms with Crippen LogP contribution >= 0.6 is 0 Å². The Morgan fingerprint density at radius 3 is 2.29 bits per heavy atom. The van der Waals surface area contributed by atoms with Crippen LogP contribution in [0, 0.1) is 12.7 Å². The molecule has 2 aromatic rings. The van der Waals surface area contributed by atoms with Crippen LogP contribution in [0.15, 0.2) is 42.5 Å². The Labute approximate surface area is 172 Å². The van der Waals surface area contributed by atoms with Gasteiger partial charge in [-0.25, -0.2) is 4.39 Å². The first-order chi connectivity index (χ1) is 14.3. The van der Waals surface area contributed by atoms with Crippen molar-refractivity contribution in [3.05, 3.63) is 65.0 Å². The molecule has 1 aliphatic heterocycles. The fraction of sp³-hybridized carbons (Fsp3) is 0.350. The third-order valence-corrected chi connectivity index (χ3v) is 4.91. The van der Waals surface area contributed by atoms with Crippen molar-refractivity contribution in [3.63, 3.8) is 0 Å². The van der Waals surface area contributed by atoms with E-state index >= 15 is 0 Å². The summed E-state index contributed by atoms with van der Waals surface area (Å²) in [6.45, 7) is -1.21. The van der Waals surface area contributed by atoms with Gasteiger partial charge in [0.1, 0.15) is 19.1 Å². The van der Waals surface area contributed by atoms with Crippen LogP contribution < -0.4 is 10.2 Å². The maximum Gasteiger partial charge on any atom is 0.423 e. The molecule has 0 spiro atoms. The molecule has 3 rings (SSSR count). The zero-order valence-corrected chi connectivity index (χ0v) is 16.1. The lowest BCUT2D eigenvalue weighted by molar-refractivity contribution is -0.264. The van der Waals surface area contributed by atoms with Crippen molar-refractivity contribution in [1.29, 1.82) is 0 Å². The molecule has 4 nitrogen and oxygen atoms in total. The first-order valence-electron chi connectivity index (χ1n) is 9.00. The van der Waals surface area contributed by atoms with Crippen LogP contribution in [0.1, 0.15) is 21.5 Å². The number of hydrogen-bond acceptors (Lipinski definition) is 3. The van der Waals surface area contributed by atoms with E-state index in [1.54, 1.807) is 5.32 Å². The largest absolute Gasteiger partial charge is 0.423 e. The Balaban J connectivity index is 1.81. The van der Waals surface area contributed by atoms with Crippen LogP contribution in [0.2, 0.25) is 0 Å². The summed E-state index contributed by atoms with van der Waals surface area (Å²) in [5, 5.41) is 1.71. The standard InChI is InChI=1S/C20H17F7N2O2/c1-12-8-14(4-7-16(12)21)18(20(25,26)27)10-29(11-31-18)15-5-2-13(3-6-15)17(30)28-9-19(22,23)24/h2-8H,9-11H2,1H3,(H,28,30). The minimum atomic E-state index is -4.80. The molecule has 1 heterocycles. The second kappa shape index (κ2) is 8.03. The molecule has 1 atom stereocenters. The van der Waals surface area contributed by atoms with Crippen LogP contribution in [-0.2, 0) is 10.3 Å².